The fourth-order valence-electron chi connectivity index (χ4n) is 1.44. The summed E-state index contributed by atoms with van der Waals surface area (Å²) in [6.45, 7) is 5.25. The van der Waals surface area contributed by atoms with E-state index in [1.54, 1.807) is 7.11 Å². The summed E-state index contributed by atoms with van der Waals surface area (Å²) in [5.74, 6) is 0. The maximum atomic E-state index is 5.23. The van der Waals surface area contributed by atoms with Crippen molar-refractivity contribution < 1.29 is 4.74 Å². The molecule has 66 valence electrons. The lowest BCUT2D eigenvalue weighted by Gasteiger charge is -2.09. The number of hydrogen-bond acceptors (Lipinski definition) is 3. The maximum Gasteiger partial charge on any atom is 0.0711 e. The first-order chi connectivity index (χ1) is 5.36. The third kappa shape index (κ3) is 2.77. The van der Waals surface area contributed by atoms with Gasteiger partial charge in [0.1, 0.15) is 0 Å². The zero-order valence-corrected chi connectivity index (χ0v) is 7.39. The van der Waals surface area contributed by atoms with E-state index in [2.05, 4.69) is 17.6 Å². The van der Waals surface area contributed by atoms with Crippen LogP contribution >= 0.6 is 0 Å². The van der Waals surface area contributed by atoms with Gasteiger partial charge in [-0.25, -0.2) is 0 Å². The molecule has 0 spiro atoms. The molecule has 11 heavy (non-hydrogen) atoms. The second kappa shape index (κ2) is 4.70. The molecule has 1 aliphatic rings. The molecular formula is C8H18N2O. The lowest BCUT2D eigenvalue weighted by Crippen LogP contribution is -2.33. The number of hydrogen-bond donors (Lipinski definition) is 2. The van der Waals surface area contributed by atoms with Crippen LogP contribution in [0.4, 0.5) is 0 Å². The monoisotopic (exact) mass is 158 g/mol. The zero-order chi connectivity index (χ0) is 8.10. The fraction of sp³-hybridized carbons (Fsp3) is 1.00. The molecule has 0 aliphatic carbocycles. The molecule has 2 N–H and O–H groups in total. The Kier molecular flexibility index (Phi) is 3.83. The lowest BCUT2D eigenvalue weighted by atomic mass is 10.2. The molecule has 0 aromatic rings. The molecule has 2 unspecified atom stereocenters. The molecule has 1 aliphatic heterocycles. The lowest BCUT2D eigenvalue weighted by molar-refractivity contribution is 0.117. The van der Waals surface area contributed by atoms with E-state index in [1.807, 2.05) is 0 Å². The highest BCUT2D eigenvalue weighted by atomic mass is 16.5. The van der Waals surface area contributed by atoms with Crippen molar-refractivity contribution >= 4 is 0 Å². The van der Waals surface area contributed by atoms with Crippen molar-refractivity contribution in [1.29, 1.82) is 0 Å². The molecule has 0 saturated carbocycles. The van der Waals surface area contributed by atoms with Crippen molar-refractivity contribution in [2.45, 2.75) is 25.5 Å². The summed E-state index contributed by atoms with van der Waals surface area (Å²) >= 11 is 0. The van der Waals surface area contributed by atoms with Crippen molar-refractivity contribution in [2.75, 3.05) is 26.7 Å². The van der Waals surface area contributed by atoms with Crippen LogP contribution in [-0.4, -0.2) is 38.9 Å². The maximum absolute atomic E-state index is 5.23. The van der Waals surface area contributed by atoms with Crippen LogP contribution in [0.2, 0.25) is 0 Å². The van der Waals surface area contributed by atoms with Crippen LogP contribution in [0.25, 0.3) is 0 Å². The van der Waals surface area contributed by atoms with Gasteiger partial charge in [-0.1, -0.05) is 6.92 Å². The minimum atomic E-state index is 0.429. The fourth-order valence-corrected chi connectivity index (χ4v) is 1.44. The average molecular weight is 158 g/mol. The largest absolute Gasteiger partial charge is 0.380 e. The van der Waals surface area contributed by atoms with Crippen LogP contribution in [-0.2, 0) is 4.74 Å². The van der Waals surface area contributed by atoms with Gasteiger partial charge in [-0.05, 0) is 13.0 Å². The number of methoxy groups -OCH3 is 1. The zero-order valence-electron chi connectivity index (χ0n) is 7.39. The Bertz CT molecular complexity index is 108. The van der Waals surface area contributed by atoms with Crippen LogP contribution < -0.4 is 10.6 Å². The molecular weight excluding hydrogens is 140 g/mol. The van der Waals surface area contributed by atoms with Gasteiger partial charge in [0.15, 0.2) is 0 Å². The molecule has 3 heteroatoms. The molecule has 0 amide bonds. The van der Waals surface area contributed by atoms with Crippen LogP contribution in [0.15, 0.2) is 0 Å². The summed E-state index contributed by atoms with van der Waals surface area (Å²) in [7, 11) is 1.78. The van der Waals surface area contributed by atoms with Crippen molar-refractivity contribution in [3.05, 3.63) is 0 Å². The number of ether oxygens (including phenoxy) is 1. The topological polar surface area (TPSA) is 33.3 Å². The Morgan fingerprint density at radius 1 is 1.64 bits per heavy atom. The van der Waals surface area contributed by atoms with E-state index < -0.39 is 0 Å². The molecule has 1 rings (SSSR count). The van der Waals surface area contributed by atoms with E-state index in [1.165, 1.54) is 0 Å². The predicted octanol–water partition coefficient (Wildman–Crippen LogP) is -0.0272. The molecule has 1 saturated heterocycles. The van der Waals surface area contributed by atoms with E-state index >= 15 is 0 Å². The Hall–Kier alpha value is -0.120. The summed E-state index contributed by atoms with van der Waals surface area (Å²) in [5, 5.41) is 6.72. The minimum absolute atomic E-state index is 0.429. The Balaban J connectivity index is 2.09. The van der Waals surface area contributed by atoms with Gasteiger partial charge in [-0.3, -0.25) is 0 Å². The molecule has 0 aromatic heterocycles. The Labute approximate surface area is 68.5 Å². The van der Waals surface area contributed by atoms with Crippen molar-refractivity contribution in [1.82, 2.24) is 10.6 Å². The highest BCUT2D eigenvalue weighted by Crippen LogP contribution is 2.07. The highest BCUT2D eigenvalue weighted by molar-refractivity contribution is 4.83. The first-order valence-electron chi connectivity index (χ1n) is 4.33. The summed E-state index contributed by atoms with van der Waals surface area (Å²) < 4.78 is 5.23. The molecule has 0 bridgehead atoms. The average Bonchev–Trinajstić information content (AvgIpc) is 2.48. The number of rotatable bonds is 4. The Morgan fingerprint density at radius 3 is 3.00 bits per heavy atom. The number of likely N-dealkylation sites (N-methyl/N-ethyl adjacent to an activating group) is 1. The van der Waals surface area contributed by atoms with E-state index in [9.17, 15) is 0 Å². The van der Waals surface area contributed by atoms with Crippen LogP contribution in [0.1, 0.15) is 13.3 Å². The van der Waals surface area contributed by atoms with Crippen molar-refractivity contribution in [3.63, 3.8) is 0 Å². The Morgan fingerprint density at radius 2 is 2.45 bits per heavy atom. The van der Waals surface area contributed by atoms with Gasteiger partial charge in [0.2, 0.25) is 0 Å². The first kappa shape index (κ1) is 8.97. The minimum Gasteiger partial charge on any atom is -0.380 e. The second-order valence-corrected chi connectivity index (χ2v) is 3.01. The second-order valence-electron chi connectivity index (χ2n) is 3.01. The SMILES string of the molecule is CCNCC1CC(OC)CN1. The molecule has 0 aromatic carbocycles. The first-order valence-corrected chi connectivity index (χ1v) is 4.33. The van der Waals surface area contributed by atoms with E-state index in [-0.39, 0.29) is 0 Å². The van der Waals surface area contributed by atoms with Gasteiger partial charge in [0, 0.05) is 26.2 Å². The van der Waals surface area contributed by atoms with Crippen LogP contribution in [0.5, 0.6) is 0 Å². The summed E-state index contributed by atoms with van der Waals surface area (Å²) in [5.41, 5.74) is 0. The van der Waals surface area contributed by atoms with E-state index in [0.29, 0.717) is 12.1 Å². The van der Waals surface area contributed by atoms with Crippen molar-refractivity contribution in [2.24, 2.45) is 0 Å². The van der Waals surface area contributed by atoms with Gasteiger partial charge < -0.3 is 15.4 Å². The van der Waals surface area contributed by atoms with Gasteiger partial charge >= 0.3 is 0 Å². The summed E-state index contributed by atoms with van der Waals surface area (Å²) in [4.78, 5) is 0. The third-order valence-electron chi connectivity index (χ3n) is 2.16. The van der Waals surface area contributed by atoms with Gasteiger partial charge in [-0.15, -0.1) is 0 Å². The quantitative estimate of drug-likeness (QED) is 0.603. The van der Waals surface area contributed by atoms with Gasteiger partial charge in [-0.2, -0.15) is 0 Å². The molecule has 3 nitrogen and oxygen atoms in total. The summed E-state index contributed by atoms with van der Waals surface area (Å²) in [6.07, 6.45) is 1.57. The highest BCUT2D eigenvalue weighted by Gasteiger charge is 2.22. The smallest absolute Gasteiger partial charge is 0.0711 e. The van der Waals surface area contributed by atoms with Gasteiger partial charge in [0.25, 0.3) is 0 Å². The molecule has 1 heterocycles. The third-order valence-corrected chi connectivity index (χ3v) is 2.16. The van der Waals surface area contributed by atoms with Gasteiger partial charge in [0.05, 0.1) is 6.10 Å². The molecule has 0 radical (unpaired) electrons. The van der Waals surface area contributed by atoms with Crippen LogP contribution in [0.3, 0.4) is 0 Å². The summed E-state index contributed by atoms with van der Waals surface area (Å²) in [6, 6.07) is 0.611. The number of nitrogens with one attached hydrogen (secondary N) is 2. The normalized spacial score (nSPS) is 31.1. The van der Waals surface area contributed by atoms with Crippen molar-refractivity contribution in [3.8, 4) is 0 Å². The standard InChI is InChI=1S/C8H18N2O/c1-3-9-5-7-4-8(11-2)6-10-7/h7-10H,3-6H2,1-2H3. The van der Waals surface area contributed by atoms with E-state index in [0.717, 1.165) is 26.1 Å². The molecule has 2 atom stereocenters. The predicted molar refractivity (Wildman–Crippen MR) is 45.7 cm³/mol. The van der Waals surface area contributed by atoms with E-state index in [4.69, 9.17) is 4.74 Å². The molecule has 1 fully saturated rings. The van der Waals surface area contributed by atoms with Crippen LogP contribution in [0, 0.1) is 0 Å².